The van der Waals surface area contributed by atoms with Crippen LogP contribution in [0.1, 0.15) is 64.7 Å². The molecule has 0 aliphatic heterocycles. The number of rotatable bonds is 2. The fraction of sp³-hybridized carbons (Fsp3) is 0.826. The lowest BCUT2D eigenvalue weighted by atomic mass is 9.49. The van der Waals surface area contributed by atoms with Crippen molar-refractivity contribution in [3.63, 3.8) is 0 Å². The second-order valence-electron chi connectivity index (χ2n) is 9.90. The Morgan fingerprint density at radius 1 is 1.12 bits per heavy atom. The van der Waals surface area contributed by atoms with Crippen molar-refractivity contribution in [3.8, 4) is 11.3 Å². The molecule has 0 heterocycles. The monoisotopic (exact) mass is 438 g/mol. The van der Waals surface area contributed by atoms with Crippen LogP contribution in [-0.4, -0.2) is 16.0 Å². The summed E-state index contributed by atoms with van der Waals surface area (Å²) in [4.78, 5) is 0. The van der Waals surface area contributed by atoms with Crippen molar-refractivity contribution in [2.75, 3.05) is 5.33 Å². The summed E-state index contributed by atoms with van der Waals surface area (Å²) < 4.78 is 0. The molecule has 0 saturated heterocycles. The lowest BCUT2D eigenvalue weighted by molar-refractivity contribution is -0.0872. The van der Waals surface area contributed by atoms with Gasteiger partial charge in [-0.2, -0.15) is 0 Å². The fourth-order valence-electron chi connectivity index (χ4n) is 7.84. The molecule has 4 rings (SSSR count). The van der Waals surface area contributed by atoms with Crippen molar-refractivity contribution in [3.05, 3.63) is 12.2 Å². The summed E-state index contributed by atoms with van der Waals surface area (Å²) in [6, 6.07) is 0. The third-order valence-corrected chi connectivity index (χ3v) is 9.77. The maximum atomic E-state index is 10.7. The Bertz CT molecular complexity index is 636. The van der Waals surface area contributed by atoms with Crippen LogP contribution < -0.4 is 0 Å². The predicted molar refractivity (Wildman–Crippen MR) is 112 cm³/mol. The molecule has 8 atom stereocenters. The van der Waals surface area contributed by atoms with Crippen LogP contribution in [-0.2, 0) is 0 Å². The maximum absolute atomic E-state index is 10.7. The molecule has 3 heteroatoms. The van der Waals surface area contributed by atoms with Crippen molar-refractivity contribution in [2.45, 2.75) is 70.3 Å². The van der Waals surface area contributed by atoms with E-state index in [1.807, 2.05) is 0 Å². The molecule has 0 amide bonds. The SMILES string of the molecule is C=C(CBr)[C@H]1CC[C@H]2[C@@H]3CC[C@@H]4C[C@@](O)(C#CCl)CC[C@@H]4[C@H]3CC[C@]12C. The summed E-state index contributed by atoms with van der Waals surface area (Å²) in [6.45, 7) is 6.97. The third kappa shape index (κ3) is 3.01. The molecule has 26 heavy (non-hydrogen) atoms. The van der Waals surface area contributed by atoms with E-state index in [1.54, 1.807) is 0 Å². The standard InChI is InChI=1S/C23H32BrClO/c1-15(14-24)20-5-6-21-19-4-3-16-13-23(26,11-12-25)10-8-17(16)18(19)7-9-22(20,21)2/h16-21,26H,1,3-10,13-14H2,2H3/t16-,17+,18-,19-,20-,21+,22-,23+/m1/s1. The minimum atomic E-state index is -0.828. The summed E-state index contributed by atoms with van der Waals surface area (Å²) in [5.41, 5.74) is 1.06. The molecule has 4 aliphatic rings. The van der Waals surface area contributed by atoms with Gasteiger partial charge in [0.05, 0.1) is 0 Å². The smallest absolute Gasteiger partial charge is 0.127 e. The fourth-order valence-corrected chi connectivity index (χ4v) is 8.41. The van der Waals surface area contributed by atoms with E-state index in [4.69, 9.17) is 11.6 Å². The number of allylic oxidation sites excluding steroid dienone is 1. The number of halogens is 2. The Morgan fingerprint density at radius 2 is 1.88 bits per heavy atom. The lowest BCUT2D eigenvalue weighted by Crippen LogP contribution is -2.50. The minimum Gasteiger partial charge on any atom is -0.378 e. The zero-order valence-corrected chi connectivity index (χ0v) is 18.3. The Morgan fingerprint density at radius 3 is 2.62 bits per heavy atom. The van der Waals surface area contributed by atoms with Gasteiger partial charge in [-0.05, 0) is 110 Å². The van der Waals surface area contributed by atoms with Crippen molar-refractivity contribution in [1.82, 2.24) is 0 Å². The second kappa shape index (κ2) is 7.13. The van der Waals surface area contributed by atoms with Crippen LogP contribution in [0.5, 0.6) is 0 Å². The van der Waals surface area contributed by atoms with Gasteiger partial charge in [0.25, 0.3) is 0 Å². The van der Waals surface area contributed by atoms with Gasteiger partial charge in [0, 0.05) is 10.7 Å². The highest BCUT2D eigenvalue weighted by Crippen LogP contribution is 2.65. The molecule has 0 bridgehead atoms. The van der Waals surface area contributed by atoms with E-state index in [0.29, 0.717) is 17.3 Å². The first-order valence-corrected chi connectivity index (χ1v) is 12.0. The highest BCUT2D eigenvalue weighted by Gasteiger charge is 2.57. The molecule has 1 nitrogen and oxygen atoms in total. The molecule has 1 N–H and O–H groups in total. The Balaban J connectivity index is 1.52. The highest BCUT2D eigenvalue weighted by molar-refractivity contribution is 9.09. The summed E-state index contributed by atoms with van der Waals surface area (Å²) in [5.74, 6) is 7.69. The van der Waals surface area contributed by atoms with Gasteiger partial charge < -0.3 is 5.11 Å². The van der Waals surface area contributed by atoms with Gasteiger partial charge in [-0.1, -0.05) is 40.9 Å². The van der Waals surface area contributed by atoms with E-state index in [-0.39, 0.29) is 0 Å². The molecule has 0 radical (unpaired) electrons. The molecule has 4 saturated carbocycles. The van der Waals surface area contributed by atoms with Gasteiger partial charge in [-0.15, -0.1) is 0 Å². The van der Waals surface area contributed by atoms with Gasteiger partial charge in [0.15, 0.2) is 0 Å². The first kappa shape index (κ1) is 19.4. The normalized spacial score (nSPS) is 50.0. The second-order valence-corrected chi connectivity index (χ2v) is 10.6. The molecule has 0 aromatic heterocycles. The Kier molecular flexibility index (Phi) is 5.31. The molecule has 4 fully saturated rings. The van der Waals surface area contributed by atoms with Crippen LogP contribution in [0.4, 0.5) is 0 Å². The number of alkyl halides is 1. The van der Waals surface area contributed by atoms with Crippen molar-refractivity contribution in [2.24, 2.45) is 40.9 Å². The van der Waals surface area contributed by atoms with E-state index in [1.165, 1.54) is 44.1 Å². The Hall–Kier alpha value is 0.0300. The highest BCUT2D eigenvalue weighted by atomic mass is 79.9. The summed E-state index contributed by atoms with van der Waals surface area (Å²) in [7, 11) is 0. The van der Waals surface area contributed by atoms with Crippen molar-refractivity contribution in [1.29, 1.82) is 0 Å². The Labute approximate surface area is 172 Å². The minimum absolute atomic E-state index is 0.471. The number of hydrogen-bond acceptors (Lipinski definition) is 1. The first-order valence-electron chi connectivity index (χ1n) is 10.5. The van der Waals surface area contributed by atoms with E-state index in [9.17, 15) is 5.11 Å². The predicted octanol–water partition coefficient (Wildman–Crippen LogP) is 6.14. The molecule has 144 valence electrons. The summed E-state index contributed by atoms with van der Waals surface area (Å²) in [5, 5.41) is 14.2. The van der Waals surface area contributed by atoms with Gasteiger partial charge >= 0.3 is 0 Å². The molecule has 0 aromatic carbocycles. The average molecular weight is 440 g/mol. The molecule has 4 aliphatic carbocycles. The van der Waals surface area contributed by atoms with E-state index >= 15 is 0 Å². The van der Waals surface area contributed by atoms with Gasteiger partial charge in [-0.25, -0.2) is 0 Å². The summed E-state index contributed by atoms with van der Waals surface area (Å²) in [6.07, 6.45) is 10.9. The summed E-state index contributed by atoms with van der Waals surface area (Å²) >= 11 is 9.27. The van der Waals surface area contributed by atoms with Crippen LogP contribution in [0.3, 0.4) is 0 Å². The largest absolute Gasteiger partial charge is 0.378 e. The van der Waals surface area contributed by atoms with Gasteiger partial charge in [-0.3, -0.25) is 0 Å². The molecule has 0 aromatic rings. The number of hydrogen-bond donors (Lipinski definition) is 1. The zero-order valence-electron chi connectivity index (χ0n) is 15.9. The van der Waals surface area contributed by atoms with Crippen LogP contribution in [0.25, 0.3) is 0 Å². The van der Waals surface area contributed by atoms with Crippen LogP contribution in [0.2, 0.25) is 0 Å². The number of aliphatic hydroxyl groups is 1. The van der Waals surface area contributed by atoms with Gasteiger partial charge in [0.1, 0.15) is 5.60 Å². The van der Waals surface area contributed by atoms with Crippen LogP contribution in [0.15, 0.2) is 12.2 Å². The first-order chi connectivity index (χ1) is 12.4. The van der Waals surface area contributed by atoms with Crippen LogP contribution in [0, 0.1) is 52.2 Å². The van der Waals surface area contributed by atoms with E-state index < -0.39 is 5.60 Å². The molecular weight excluding hydrogens is 408 g/mol. The lowest BCUT2D eigenvalue weighted by Gasteiger charge is -2.57. The topological polar surface area (TPSA) is 20.2 Å². The average Bonchev–Trinajstić information content (AvgIpc) is 2.98. The van der Waals surface area contributed by atoms with E-state index in [0.717, 1.165) is 48.3 Å². The van der Waals surface area contributed by atoms with E-state index in [2.05, 4.69) is 40.7 Å². The maximum Gasteiger partial charge on any atom is 0.127 e. The number of fused-ring (bicyclic) bond motifs is 5. The molecule has 0 unspecified atom stereocenters. The molecule has 0 spiro atoms. The third-order valence-electron chi connectivity index (χ3n) is 8.95. The van der Waals surface area contributed by atoms with Gasteiger partial charge in [0.2, 0.25) is 0 Å². The van der Waals surface area contributed by atoms with Crippen LogP contribution >= 0.6 is 27.5 Å². The van der Waals surface area contributed by atoms with Crippen molar-refractivity contribution >= 4 is 27.5 Å². The quantitative estimate of drug-likeness (QED) is 0.311. The zero-order chi connectivity index (χ0) is 18.5. The molecular formula is C23H32BrClO. The van der Waals surface area contributed by atoms with Crippen molar-refractivity contribution < 1.29 is 5.11 Å².